The summed E-state index contributed by atoms with van der Waals surface area (Å²) in [4.78, 5) is 20.7. The lowest BCUT2D eigenvalue weighted by atomic mass is 10.0. The lowest BCUT2D eigenvalue weighted by Crippen LogP contribution is -2.35. The van der Waals surface area contributed by atoms with Crippen molar-refractivity contribution in [2.24, 2.45) is 5.92 Å². The van der Waals surface area contributed by atoms with Gasteiger partial charge in [0.2, 0.25) is 0 Å². The molecule has 1 aromatic carbocycles. The maximum atomic E-state index is 9.10. The van der Waals surface area contributed by atoms with Gasteiger partial charge in [0.15, 0.2) is 0 Å². The first kappa shape index (κ1) is 21.7. The zero-order chi connectivity index (χ0) is 18.8. The van der Waals surface area contributed by atoms with Crippen molar-refractivity contribution in [2.75, 3.05) is 26.2 Å². The standard InChI is InChI=1S/C15H21BrClNO.C2H2O4/c1-12-4-2-7-18(11-12)8-3-9-19-15-6-5-13(16)10-14(15)17;3-1(4)2(5)6/h5-6,10,12H,2-4,7-9,11H2,1H3;(H,3,4)(H,5,6). The van der Waals surface area contributed by atoms with Gasteiger partial charge in [-0.15, -0.1) is 0 Å². The summed E-state index contributed by atoms with van der Waals surface area (Å²) in [5.74, 6) is -2.03. The molecule has 1 aromatic rings. The molecule has 1 unspecified atom stereocenters. The van der Waals surface area contributed by atoms with Gasteiger partial charge in [0.25, 0.3) is 0 Å². The molecular weight excluding hydrogens is 414 g/mol. The van der Waals surface area contributed by atoms with E-state index in [0.29, 0.717) is 5.02 Å². The smallest absolute Gasteiger partial charge is 0.414 e. The molecule has 0 amide bonds. The van der Waals surface area contributed by atoms with E-state index in [0.717, 1.165) is 35.7 Å². The number of halogens is 2. The Balaban J connectivity index is 0.000000450. The molecule has 0 aromatic heterocycles. The van der Waals surface area contributed by atoms with Crippen LogP contribution in [0.2, 0.25) is 5.02 Å². The van der Waals surface area contributed by atoms with E-state index >= 15 is 0 Å². The predicted molar refractivity (Wildman–Crippen MR) is 99.4 cm³/mol. The van der Waals surface area contributed by atoms with Gasteiger partial charge >= 0.3 is 11.9 Å². The Morgan fingerprint density at radius 1 is 1.36 bits per heavy atom. The molecule has 1 heterocycles. The zero-order valence-electron chi connectivity index (χ0n) is 14.1. The van der Waals surface area contributed by atoms with Gasteiger partial charge in [-0.1, -0.05) is 34.5 Å². The number of benzene rings is 1. The van der Waals surface area contributed by atoms with Crippen molar-refractivity contribution in [1.82, 2.24) is 4.90 Å². The summed E-state index contributed by atoms with van der Waals surface area (Å²) in [6.45, 7) is 6.66. The molecule has 1 fully saturated rings. The van der Waals surface area contributed by atoms with Gasteiger partial charge < -0.3 is 19.8 Å². The van der Waals surface area contributed by atoms with Crippen molar-refractivity contribution in [3.05, 3.63) is 27.7 Å². The van der Waals surface area contributed by atoms with E-state index in [1.165, 1.54) is 25.9 Å². The number of hydrogen-bond donors (Lipinski definition) is 2. The Morgan fingerprint density at radius 2 is 2.04 bits per heavy atom. The number of aliphatic carboxylic acids is 2. The van der Waals surface area contributed by atoms with E-state index in [-0.39, 0.29) is 0 Å². The number of carboxylic acid groups (broad SMARTS) is 2. The van der Waals surface area contributed by atoms with Crippen molar-refractivity contribution >= 4 is 39.5 Å². The van der Waals surface area contributed by atoms with E-state index in [2.05, 4.69) is 27.8 Å². The zero-order valence-corrected chi connectivity index (χ0v) is 16.4. The quantitative estimate of drug-likeness (QED) is 0.540. The molecule has 25 heavy (non-hydrogen) atoms. The second-order valence-electron chi connectivity index (χ2n) is 5.94. The van der Waals surface area contributed by atoms with Gasteiger partial charge in [-0.3, -0.25) is 0 Å². The van der Waals surface area contributed by atoms with E-state index in [9.17, 15) is 0 Å². The average molecular weight is 437 g/mol. The number of rotatable bonds is 5. The summed E-state index contributed by atoms with van der Waals surface area (Å²) >= 11 is 9.50. The highest BCUT2D eigenvalue weighted by molar-refractivity contribution is 9.10. The van der Waals surface area contributed by atoms with Gasteiger partial charge in [-0.2, -0.15) is 0 Å². The summed E-state index contributed by atoms with van der Waals surface area (Å²) in [5.41, 5.74) is 0. The van der Waals surface area contributed by atoms with E-state index < -0.39 is 11.9 Å². The summed E-state index contributed by atoms with van der Waals surface area (Å²) in [6.07, 6.45) is 3.77. The van der Waals surface area contributed by atoms with Gasteiger partial charge in [0, 0.05) is 17.6 Å². The third kappa shape index (κ3) is 9.09. The number of piperidine rings is 1. The number of nitrogens with zero attached hydrogens (tertiary/aromatic N) is 1. The minimum absolute atomic E-state index is 0.668. The van der Waals surface area contributed by atoms with Crippen LogP contribution < -0.4 is 4.74 Å². The van der Waals surface area contributed by atoms with Crippen LogP contribution in [-0.4, -0.2) is 53.3 Å². The largest absolute Gasteiger partial charge is 0.492 e. The number of carboxylic acids is 2. The molecule has 6 nitrogen and oxygen atoms in total. The first-order valence-corrected chi connectivity index (χ1v) is 9.23. The molecule has 1 aliphatic heterocycles. The summed E-state index contributed by atoms with van der Waals surface area (Å²) in [7, 11) is 0. The van der Waals surface area contributed by atoms with Crippen LogP contribution in [0.5, 0.6) is 5.75 Å². The van der Waals surface area contributed by atoms with Gasteiger partial charge in [0.05, 0.1) is 11.6 Å². The van der Waals surface area contributed by atoms with Crippen LogP contribution in [0, 0.1) is 5.92 Å². The van der Waals surface area contributed by atoms with Crippen LogP contribution in [0.4, 0.5) is 0 Å². The number of hydrogen-bond acceptors (Lipinski definition) is 4. The third-order valence-corrected chi connectivity index (χ3v) is 4.48. The summed E-state index contributed by atoms with van der Waals surface area (Å²) in [5, 5.41) is 15.4. The van der Waals surface area contributed by atoms with Crippen LogP contribution in [0.25, 0.3) is 0 Å². The molecule has 0 bridgehead atoms. The Hall–Kier alpha value is -1.31. The van der Waals surface area contributed by atoms with Crippen molar-refractivity contribution in [2.45, 2.75) is 26.2 Å². The predicted octanol–water partition coefficient (Wildman–Crippen LogP) is 3.76. The summed E-state index contributed by atoms with van der Waals surface area (Å²) < 4.78 is 6.71. The highest BCUT2D eigenvalue weighted by Crippen LogP contribution is 2.27. The maximum absolute atomic E-state index is 9.10. The molecule has 2 N–H and O–H groups in total. The second kappa shape index (κ2) is 11.3. The molecule has 2 rings (SSSR count). The van der Waals surface area contributed by atoms with E-state index in [4.69, 9.17) is 36.1 Å². The lowest BCUT2D eigenvalue weighted by molar-refractivity contribution is -0.159. The summed E-state index contributed by atoms with van der Waals surface area (Å²) in [6, 6.07) is 5.73. The van der Waals surface area contributed by atoms with Crippen LogP contribution in [-0.2, 0) is 9.59 Å². The molecule has 1 atom stereocenters. The monoisotopic (exact) mass is 435 g/mol. The van der Waals surface area contributed by atoms with E-state index in [1.54, 1.807) is 0 Å². The SMILES string of the molecule is CC1CCCN(CCCOc2ccc(Br)cc2Cl)C1.O=C(O)C(=O)O. The number of ether oxygens (including phenoxy) is 1. The molecular formula is C17H23BrClNO5. The maximum Gasteiger partial charge on any atom is 0.414 e. The number of carbonyl (C=O) groups is 2. The van der Waals surface area contributed by atoms with Crippen molar-refractivity contribution in [3.63, 3.8) is 0 Å². The molecule has 1 aliphatic rings. The minimum Gasteiger partial charge on any atom is -0.492 e. The van der Waals surface area contributed by atoms with Crippen molar-refractivity contribution in [3.8, 4) is 5.75 Å². The molecule has 0 radical (unpaired) electrons. The third-order valence-electron chi connectivity index (χ3n) is 3.69. The molecule has 0 spiro atoms. The van der Waals surface area contributed by atoms with Gasteiger partial charge in [0.1, 0.15) is 5.75 Å². The van der Waals surface area contributed by atoms with Gasteiger partial charge in [-0.25, -0.2) is 9.59 Å². The Bertz CT molecular complexity index is 572. The van der Waals surface area contributed by atoms with Crippen LogP contribution in [0.3, 0.4) is 0 Å². The first-order valence-electron chi connectivity index (χ1n) is 8.06. The molecule has 140 valence electrons. The fourth-order valence-corrected chi connectivity index (χ4v) is 3.28. The highest BCUT2D eigenvalue weighted by Gasteiger charge is 2.15. The lowest BCUT2D eigenvalue weighted by Gasteiger charge is -2.30. The highest BCUT2D eigenvalue weighted by atomic mass is 79.9. The average Bonchev–Trinajstić information content (AvgIpc) is 2.54. The number of likely N-dealkylation sites (tertiary alicyclic amines) is 1. The van der Waals surface area contributed by atoms with E-state index in [1.807, 2.05) is 18.2 Å². The topological polar surface area (TPSA) is 87.1 Å². The normalized spacial score (nSPS) is 17.3. The Labute approximate surface area is 160 Å². The molecule has 8 heteroatoms. The molecule has 0 aliphatic carbocycles. The second-order valence-corrected chi connectivity index (χ2v) is 7.26. The van der Waals surface area contributed by atoms with Crippen LogP contribution in [0.1, 0.15) is 26.2 Å². The van der Waals surface area contributed by atoms with Crippen molar-refractivity contribution in [1.29, 1.82) is 0 Å². The molecule has 1 saturated heterocycles. The van der Waals surface area contributed by atoms with Gasteiger partial charge in [-0.05, 0) is 49.9 Å². The van der Waals surface area contributed by atoms with Crippen LogP contribution in [0.15, 0.2) is 22.7 Å². The van der Waals surface area contributed by atoms with Crippen molar-refractivity contribution < 1.29 is 24.5 Å². The fraction of sp³-hybridized carbons (Fsp3) is 0.529. The Kier molecular flexibility index (Phi) is 9.85. The minimum atomic E-state index is -1.82. The first-order chi connectivity index (χ1) is 11.8. The molecule has 0 saturated carbocycles. The van der Waals surface area contributed by atoms with Crippen LogP contribution >= 0.6 is 27.5 Å². The Morgan fingerprint density at radius 3 is 2.60 bits per heavy atom. The fourth-order valence-electron chi connectivity index (χ4n) is 2.55.